The highest BCUT2D eigenvalue weighted by Gasteiger charge is 2.07. The summed E-state index contributed by atoms with van der Waals surface area (Å²) in [5.41, 5.74) is 4.54. The summed E-state index contributed by atoms with van der Waals surface area (Å²) < 4.78 is 6.05. The zero-order valence-corrected chi connectivity index (χ0v) is 12.7. The fourth-order valence-electron chi connectivity index (χ4n) is 1.20. The number of hydrogen-bond acceptors (Lipinski definition) is 3. The minimum Gasteiger partial charge on any atom is -0.482 e. The van der Waals surface area contributed by atoms with Gasteiger partial charge >= 0.3 is 0 Å². The van der Waals surface area contributed by atoms with Crippen molar-refractivity contribution in [3.63, 3.8) is 0 Å². The molecule has 5 nitrogen and oxygen atoms in total. The van der Waals surface area contributed by atoms with E-state index in [4.69, 9.17) is 16.3 Å². The van der Waals surface area contributed by atoms with Crippen molar-refractivity contribution in [1.82, 2.24) is 10.9 Å². The molecule has 0 aromatic heterocycles. The molecule has 19 heavy (non-hydrogen) atoms. The molecule has 0 radical (unpaired) electrons. The van der Waals surface area contributed by atoms with Gasteiger partial charge in [-0.1, -0.05) is 34.5 Å². The first-order valence-electron chi connectivity index (χ1n) is 5.68. The van der Waals surface area contributed by atoms with Crippen LogP contribution in [0, 0.1) is 0 Å². The summed E-state index contributed by atoms with van der Waals surface area (Å²) in [6.45, 7) is 1.65. The van der Waals surface area contributed by atoms with Crippen molar-refractivity contribution in [2.75, 3.05) is 6.61 Å². The van der Waals surface area contributed by atoms with Gasteiger partial charge < -0.3 is 4.74 Å². The van der Waals surface area contributed by atoms with Gasteiger partial charge in [0.1, 0.15) is 5.75 Å². The number of carbonyl (C=O) groups is 2. The van der Waals surface area contributed by atoms with E-state index in [0.29, 0.717) is 23.6 Å². The van der Waals surface area contributed by atoms with Gasteiger partial charge in [-0.2, -0.15) is 0 Å². The summed E-state index contributed by atoms with van der Waals surface area (Å²) in [6.07, 6.45) is 1.08. The SMILES string of the molecule is CCCC(=O)NNC(=O)COc1ccc(Br)cc1Cl. The Morgan fingerprint density at radius 2 is 2.00 bits per heavy atom. The van der Waals surface area contributed by atoms with E-state index in [1.165, 1.54) is 0 Å². The van der Waals surface area contributed by atoms with Crippen LogP contribution in [0.1, 0.15) is 19.8 Å². The molecular formula is C12H14BrClN2O3. The summed E-state index contributed by atoms with van der Waals surface area (Å²) in [5, 5.41) is 0.400. The molecular weight excluding hydrogens is 336 g/mol. The third kappa shape index (κ3) is 5.94. The maximum absolute atomic E-state index is 11.4. The topological polar surface area (TPSA) is 67.4 Å². The zero-order chi connectivity index (χ0) is 14.3. The molecule has 1 rings (SSSR count). The lowest BCUT2D eigenvalue weighted by Crippen LogP contribution is -2.43. The highest BCUT2D eigenvalue weighted by atomic mass is 79.9. The summed E-state index contributed by atoms with van der Waals surface area (Å²) in [6, 6.07) is 5.06. The molecule has 0 fully saturated rings. The van der Waals surface area contributed by atoms with E-state index in [9.17, 15) is 9.59 Å². The predicted molar refractivity (Wildman–Crippen MR) is 75.8 cm³/mol. The molecule has 0 atom stereocenters. The second-order valence-electron chi connectivity index (χ2n) is 3.71. The first kappa shape index (κ1) is 15.8. The molecule has 0 saturated heterocycles. The van der Waals surface area contributed by atoms with Crippen molar-refractivity contribution in [3.8, 4) is 5.75 Å². The molecule has 0 spiro atoms. The Hall–Kier alpha value is -1.27. The molecule has 0 saturated carbocycles. The Balaban J connectivity index is 2.36. The number of hydrogen-bond donors (Lipinski definition) is 2. The van der Waals surface area contributed by atoms with Crippen molar-refractivity contribution in [2.45, 2.75) is 19.8 Å². The van der Waals surface area contributed by atoms with E-state index in [0.717, 1.165) is 4.47 Å². The molecule has 0 bridgehead atoms. The van der Waals surface area contributed by atoms with Gasteiger partial charge in [0.15, 0.2) is 6.61 Å². The van der Waals surface area contributed by atoms with Crippen molar-refractivity contribution in [1.29, 1.82) is 0 Å². The van der Waals surface area contributed by atoms with Gasteiger partial charge in [0.25, 0.3) is 5.91 Å². The second-order valence-corrected chi connectivity index (χ2v) is 5.03. The first-order chi connectivity index (χ1) is 9.02. The van der Waals surface area contributed by atoms with Gasteiger partial charge in [-0.15, -0.1) is 0 Å². The van der Waals surface area contributed by atoms with Crippen LogP contribution in [0.4, 0.5) is 0 Å². The monoisotopic (exact) mass is 348 g/mol. The smallest absolute Gasteiger partial charge is 0.276 e. The number of carbonyl (C=O) groups excluding carboxylic acids is 2. The van der Waals surface area contributed by atoms with Crippen LogP contribution in [0.2, 0.25) is 5.02 Å². The number of halogens is 2. The van der Waals surface area contributed by atoms with E-state index >= 15 is 0 Å². The third-order valence-corrected chi connectivity index (χ3v) is 2.86. The standard InChI is InChI=1S/C12H14BrClN2O3/c1-2-3-11(17)15-16-12(18)7-19-10-5-4-8(13)6-9(10)14/h4-6H,2-3,7H2,1H3,(H,15,17)(H,16,18). The Bertz CT molecular complexity index is 468. The Kier molecular flexibility index (Phi) is 6.66. The number of amides is 2. The molecule has 0 aliphatic carbocycles. The second kappa shape index (κ2) is 8.01. The van der Waals surface area contributed by atoms with Crippen LogP contribution < -0.4 is 15.6 Å². The van der Waals surface area contributed by atoms with Crippen molar-refractivity contribution >= 4 is 39.3 Å². The average molecular weight is 350 g/mol. The largest absolute Gasteiger partial charge is 0.482 e. The first-order valence-corrected chi connectivity index (χ1v) is 6.85. The third-order valence-electron chi connectivity index (χ3n) is 2.07. The summed E-state index contributed by atoms with van der Waals surface area (Å²) in [5.74, 6) is -0.291. The van der Waals surface area contributed by atoms with Crippen LogP contribution in [0.3, 0.4) is 0 Å². The Morgan fingerprint density at radius 3 is 2.63 bits per heavy atom. The number of nitrogens with one attached hydrogen (secondary N) is 2. The molecule has 2 amide bonds. The fourth-order valence-corrected chi connectivity index (χ4v) is 1.93. The van der Waals surface area contributed by atoms with Gasteiger partial charge in [0, 0.05) is 10.9 Å². The van der Waals surface area contributed by atoms with Crippen LogP contribution in [0.5, 0.6) is 5.75 Å². The van der Waals surface area contributed by atoms with Crippen LogP contribution in [-0.4, -0.2) is 18.4 Å². The van der Waals surface area contributed by atoms with Gasteiger partial charge in [-0.25, -0.2) is 0 Å². The maximum Gasteiger partial charge on any atom is 0.276 e. The quantitative estimate of drug-likeness (QED) is 0.802. The van der Waals surface area contributed by atoms with Crippen LogP contribution in [-0.2, 0) is 9.59 Å². The van der Waals surface area contributed by atoms with Crippen LogP contribution >= 0.6 is 27.5 Å². The van der Waals surface area contributed by atoms with Gasteiger partial charge in [0.2, 0.25) is 5.91 Å². The van der Waals surface area contributed by atoms with Crippen molar-refractivity contribution < 1.29 is 14.3 Å². The normalized spacial score (nSPS) is 9.84. The van der Waals surface area contributed by atoms with Crippen molar-refractivity contribution in [2.24, 2.45) is 0 Å². The Labute approximate surface area is 124 Å². The van der Waals surface area contributed by atoms with Gasteiger partial charge in [-0.05, 0) is 24.6 Å². The lowest BCUT2D eigenvalue weighted by molar-refractivity contribution is -0.130. The summed E-state index contributed by atoms with van der Waals surface area (Å²) in [4.78, 5) is 22.5. The molecule has 104 valence electrons. The fraction of sp³-hybridized carbons (Fsp3) is 0.333. The molecule has 1 aromatic carbocycles. The highest BCUT2D eigenvalue weighted by molar-refractivity contribution is 9.10. The number of rotatable bonds is 5. The number of benzene rings is 1. The lowest BCUT2D eigenvalue weighted by Gasteiger charge is -2.09. The van der Waals surface area contributed by atoms with Gasteiger partial charge in [0.05, 0.1) is 5.02 Å². The molecule has 0 heterocycles. The van der Waals surface area contributed by atoms with E-state index in [1.54, 1.807) is 18.2 Å². The molecule has 0 aliphatic heterocycles. The highest BCUT2D eigenvalue weighted by Crippen LogP contribution is 2.27. The van der Waals surface area contributed by atoms with Gasteiger partial charge in [-0.3, -0.25) is 20.4 Å². The molecule has 0 unspecified atom stereocenters. The van der Waals surface area contributed by atoms with E-state index in [-0.39, 0.29) is 12.5 Å². The minimum absolute atomic E-state index is 0.228. The Morgan fingerprint density at radius 1 is 1.32 bits per heavy atom. The van der Waals surface area contributed by atoms with E-state index < -0.39 is 5.91 Å². The van der Waals surface area contributed by atoms with E-state index in [2.05, 4.69) is 26.8 Å². The minimum atomic E-state index is -0.455. The zero-order valence-electron chi connectivity index (χ0n) is 10.3. The molecule has 1 aromatic rings. The van der Waals surface area contributed by atoms with Crippen LogP contribution in [0.25, 0.3) is 0 Å². The predicted octanol–water partition coefficient (Wildman–Crippen LogP) is 2.43. The molecule has 0 aliphatic rings. The van der Waals surface area contributed by atoms with Crippen LogP contribution in [0.15, 0.2) is 22.7 Å². The molecule has 2 N–H and O–H groups in total. The number of ether oxygens (including phenoxy) is 1. The maximum atomic E-state index is 11.4. The summed E-state index contributed by atoms with van der Waals surface area (Å²) >= 11 is 9.19. The summed E-state index contributed by atoms with van der Waals surface area (Å²) in [7, 11) is 0. The van der Waals surface area contributed by atoms with Crippen molar-refractivity contribution in [3.05, 3.63) is 27.7 Å². The van der Waals surface area contributed by atoms with E-state index in [1.807, 2.05) is 6.92 Å². The average Bonchev–Trinajstić information content (AvgIpc) is 2.35. The lowest BCUT2D eigenvalue weighted by atomic mass is 10.3. The number of hydrazine groups is 1. The molecule has 7 heteroatoms.